The van der Waals surface area contributed by atoms with Gasteiger partial charge in [-0.25, -0.2) is 5.43 Å². The van der Waals surface area contributed by atoms with Crippen molar-refractivity contribution in [1.29, 1.82) is 0 Å². The number of hydrogen-bond acceptors (Lipinski definition) is 4. The van der Waals surface area contributed by atoms with Crippen LogP contribution in [0.3, 0.4) is 0 Å². The fourth-order valence-electron chi connectivity index (χ4n) is 1.78. The topological polar surface area (TPSA) is 59.9 Å². The van der Waals surface area contributed by atoms with Crippen molar-refractivity contribution in [1.82, 2.24) is 5.43 Å². The number of nitrogens with zero attached hydrogens (tertiary/aromatic N) is 1. The summed E-state index contributed by atoms with van der Waals surface area (Å²) in [4.78, 5) is 11.8. The zero-order valence-corrected chi connectivity index (χ0v) is 14.5. The second kappa shape index (κ2) is 8.33. The van der Waals surface area contributed by atoms with Crippen LogP contribution in [0.1, 0.15) is 12.5 Å². The smallest absolute Gasteiger partial charge is 0.277 e. The van der Waals surface area contributed by atoms with Gasteiger partial charge in [-0.1, -0.05) is 22.0 Å². The van der Waals surface area contributed by atoms with Gasteiger partial charge in [0.2, 0.25) is 0 Å². The van der Waals surface area contributed by atoms with Crippen LogP contribution in [-0.2, 0) is 4.79 Å². The summed E-state index contributed by atoms with van der Waals surface area (Å²) in [5.74, 6) is 1.07. The van der Waals surface area contributed by atoms with Gasteiger partial charge >= 0.3 is 0 Å². The van der Waals surface area contributed by atoms with Crippen molar-refractivity contribution in [2.24, 2.45) is 5.10 Å². The Morgan fingerprint density at radius 2 is 1.91 bits per heavy atom. The van der Waals surface area contributed by atoms with Gasteiger partial charge in [-0.15, -0.1) is 0 Å². The molecule has 0 bridgehead atoms. The Bertz CT molecular complexity index is 699. The number of benzene rings is 2. The predicted molar refractivity (Wildman–Crippen MR) is 93.0 cm³/mol. The van der Waals surface area contributed by atoms with Crippen molar-refractivity contribution < 1.29 is 14.3 Å². The van der Waals surface area contributed by atoms with Crippen LogP contribution in [0.5, 0.6) is 11.5 Å². The molecule has 1 N–H and O–H groups in total. The van der Waals surface area contributed by atoms with Crippen molar-refractivity contribution >= 4 is 27.5 Å². The van der Waals surface area contributed by atoms with E-state index in [-0.39, 0.29) is 12.5 Å². The van der Waals surface area contributed by atoms with E-state index in [4.69, 9.17) is 9.47 Å². The van der Waals surface area contributed by atoms with E-state index in [1.165, 1.54) is 0 Å². The Balaban J connectivity index is 1.86. The Labute approximate surface area is 143 Å². The van der Waals surface area contributed by atoms with Gasteiger partial charge in [0.25, 0.3) is 5.91 Å². The Hall–Kier alpha value is -2.34. The van der Waals surface area contributed by atoms with Crippen LogP contribution < -0.4 is 14.9 Å². The lowest BCUT2D eigenvalue weighted by Gasteiger charge is -2.06. The molecule has 0 spiro atoms. The summed E-state index contributed by atoms with van der Waals surface area (Å²) in [6.45, 7) is 1.72. The number of rotatable bonds is 6. The summed E-state index contributed by atoms with van der Waals surface area (Å²) in [5.41, 5.74) is 4.07. The van der Waals surface area contributed by atoms with Gasteiger partial charge in [0.15, 0.2) is 6.61 Å². The highest BCUT2D eigenvalue weighted by Crippen LogP contribution is 2.17. The van der Waals surface area contributed by atoms with Crippen molar-refractivity contribution in [3.8, 4) is 11.5 Å². The molecule has 2 rings (SSSR count). The lowest BCUT2D eigenvalue weighted by Crippen LogP contribution is -2.25. The van der Waals surface area contributed by atoms with Crippen LogP contribution in [0.25, 0.3) is 0 Å². The molecule has 0 aromatic heterocycles. The van der Waals surface area contributed by atoms with Crippen LogP contribution in [0, 0.1) is 0 Å². The zero-order valence-electron chi connectivity index (χ0n) is 12.9. The molecule has 120 valence electrons. The molecule has 0 fully saturated rings. The minimum Gasteiger partial charge on any atom is -0.497 e. The normalized spacial score (nSPS) is 11.0. The number of hydrazone groups is 1. The number of hydrogen-bond donors (Lipinski definition) is 1. The molecule has 0 saturated carbocycles. The van der Waals surface area contributed by atoms with E-state index in [0.29, 0.717) is 11.5 Å². The molecular formula is C17H17BrN2O3. The second-order valence-electron chi connectivity index (χ2n) is 4.71. The fraction of sp³-hybridized carbons (Fsp3) is 0.176. The molecule has 0 aliphatic carbocycles. The number of amides is 1. The van der Waals surface area contributed by atoms with Gasteiger partial charge in [-0.05, 0) is 55.0 Å². The van der Waals surface area contributed by atoms with Crippen LogP contribution in [0.4, 0.5) is 0 Å². The van der Waals surface area contributed by atoms with E-state index in [9.17, 15) is 4.79 Å². The van der Waals surface area contributed by atoms with Gasteiger partial charge in [0.05, 0.1) is 12.8 Å². The maximum Gasteiger partial charge on any atom is 0.277 e. The minimum atomic E-state index is -0.321. The highest BCUT2D eigenvalue weighted by molar-refractivity contribution is 9.10. The first-order valence-electron chi connectivity index (χ1n) is 6.94. The lowest BCUT2D eigenvalue weighted by atomic mass is 10.1. The van der Waals surface area contributed by atoms with Crippen molar-refractivity contribution in [2.75, 3.05) is 13.7 Å². The van der Waals surface area contributed by atoms with Crippen LogP contribution in [0.2, 0.25) is 0 Å². The third kappa shape index (κ3) is 5.41. The highest BCUT2D eigenvalue weighted by Gasteiger charge is 2.03. The molecular weight excluding hydrogens is 360 g/mol. The van der Waals surface area contributed by atoms with E-state index in [0.717, 1.165) is 15.8 Å². The van der Waals surface area contributed by atoms with Crippen molar-refractivity contribution in [3.63, 3.8) is 0 Å². The SMILES string of the molecule is COc1ccc(/C(C)=N\NC(=O)COc2cccc(Br)c2)cc1. The van der Waals surface area contributed by atoms with Crippen LogP contribution >= 0.6 is 15.9 Å². The van der Waals surface area contributed by atoms with Gasteiger partial charge in [0, 0.05) is 4.47 Å². The molecule has 1 amide bonds. The number of methoxy groups -OCH3 is 1. The summed E-state index contributed by atoms with van der Waals surface area (Å²) in [6.07, 6.45) is 0. The number of nitrogens with one attached hydrogen (secondary N) is 1. The summed E-state index contributed by atoms with van der Waals surface area (Å²) in [6, 6.07) is 14.7. The molecule has 23 heavy (non-hydrogen) atoms. The van der Waals surface area contributed by atoms with Gasteiger partial charge in [0.1, 0.15) is 11.5 Å². The maximum atomic E-state index is 11.8. The fourth-order valence-corrected chi connectivity index (χ4v) is 2.16. The number of halogens is 1. The molecule has 6 heteroatoms. The highest BCUT2D eigenvalue weighted by atomic mass is 79.9. The average Bonchev–Trinajstić information content (AvgIpc) is 2.58. The van der Waals surface area contributed by atoms with E-state index in [2.05, 4.69) is 26.5 Å². The summed E-state index contributed by atoms with van der Waals surface area (Å²) in [5, 5.41) is 4.07. The van der Waals surface area contributed by atoms with Gasteiger partial charge in [-0.3, -0.25) is 4.79 Å². The molecule has 0 unspecified atom stereocenters. The van der Waals surface area contributed by atoms with E-state index in [1.54, 1.807) is 19.2 Å². The maximum absolute atomic E-state index is 11.8. The second-order valence-corrected chi connectivity index (χ2v) is 5.62. The van der Waals surface area contributed by atoms with E-state index < -0.39 is 0 Å². The number of carbonyl (C=O) groups excluding carboxylic acids is 1. The molecule has 0 saturated heterocycles. The third-order valence-corrected chi connectivity index (χ3v) is 3.52. The average molecular weight is 377 g/mol. The monoisotopic (exact) mass is 376 g/mol. The van der Waals surface area contributed by atoms with E-state index >= 15 is 0 Å². The molecule has 0 atom stereocenters. The Morgan fingerprint density at radius 1 is 1.17 bits per heavy atom. The molecule has 0 aliphatic rings. The quantitative estimate of drug-likeness (QED) is 0.620. The summed E-state index contributed by atoms with van der Waals surface area (Å²) >= 11 is 3.34. The first-order chi connectivity index (χ1) is 11.1. The largest absolute Gasteiger partial charge is 0.497 e. The standard InChI is InChI=1S/C17H17BrN2O3/c1-12(13-6-8-15(22-2)9-7-13)19-20-17(21)11-23-16-5-3-4-14(18)10-16/h3-10H,11H2,1-2H3,(H,20,21)/b19-12-. The third-order valence-electron chi connectivity index (χ3n) is 3.02. The molecule has 0 radical (unpaired) electrons. The molecule has 2 aromatic rings. The first kappa shape index (κ1) is 17.0. The molecule has 5 nitrogen and oxygen atoms in total. The first-order valence-corrected chi connectivity index (χ1v) is 7.73. The summed E-state index contributed by atoms with van der Waals surface area (Å²) in [7, 11) is 1.61. The van der Waals surface area contributed by atoms with Crippen LogP contribution in [-0.4, -0.2) is 25.3 Å². The Kier molecular flexibility index (Phi) is 6.17. The van der Waals surface area contributed by atoms with Gasteiger partial charge in [-0.2, -0.15) is 5.10 Å². The predicted octanol–water partition coefficient (Wildman–Crippen LogP) is 3.38. The molecule has 0 aliphatic heterocycles. The van der Waals surface area contributed by atoms with Crippen molar-refractivity contribution in [3.05, 3.63) is 58.6 Å². The van der Waals surface area contributed by atoms with Crippen molar-refractivity contribution in [2.45, 2.75) is 6.92 Å². The minimum absolute atomic E-state index is 0.101. The number of ether oxygens (including phenoxy) is 2. The molecule has 0 heterocycles. The summed E-state index contributed by atoms with van der Waals surface area (Å²) < 4.78 is 11.4. The van der Waals surface area contributed by atoms with Crippen LogP contribution in [0.15, 0.2) is 58.1 Å². The Morgan fingerprint density at radius 3 is 2.57 bits per heavy atom. The van der Waals surface area contributed by atoms with Gasteiger partial charge < -0.3 is 9.47 Å². The number of carbonyl (C=O) groups is 1. The zero-order chi connectivity index (χ0) is 16.7. The molecule has 2 aromatic carbocycles. The lowest BCUT2D eigenvalue weighted by molar-refractivity contribution is -0.123. The van der Waals surface area contributed by atoms with E-state index in [1.807, 2.05) is 43.3 Å².